The summed E-state index contributed by atoms with van der Waals surface area (Å²) in [5.41, 5.74) is -0.328. The molecule has 2 aromatic rings. The lowest BCUT2D eigenvalue weighted by molar-refractivity contribution is 0.474. The van der Waals surface area contributed by atoms with Crippen molar-refractivity contribution in [2.24, 2.45) is 0 Å². The summed E-state index contributed by atoms with van der Waals surface area (Å²) in [5.74, 6) is 0.539. The lowest BCUT2D eigenvalue weighted by Gasteiger charge is -2.03. The van der Waals surface area contributed by atoms with Crippen molar-refractivity contribution in [2.45, 2.75) is 6.42 Å². The number of halogens is 2. The molecular formula is C11H8BrClO2. The fourth-order valence-electron chi connectivity index (χ4n) is 1.46. The normalized spacial score (nSPS) is 10.8. The number of aryl methyl sites for hydroxylation is 1. The second-order valence-corrected chi connectivity index (χ2v) is 4.28. The van der Waals surface area contributed by atoms with Crippen molar-refractivity contribution < 1.29 is 4.42 Å². The van der Waals surface area contributed by atoms with Crippen LogP contribution in [0.2, 0.25) is 5.02 Å². The molecule has 0 radical (unpaired) electrons. The number of fused-ring (bicyclic) bond motifs is 1. The first-order chi connectivity index (χ1) is 7.24. The van der Waals surface area contributed by atoms with Crippen molar-refractivity contribution in [3.63, 3.8) is 0 Å². The largest absolute Gasteiger partial charge is 0.426 e. The number of hydrogen-bond acceptors (Lipinski definition) is 2. The zero-order valence-electron chi connectivity index (χ0n) is 7.80. The molecule has 0 saturated heterocycles. The zero-order valence-corrected chi connectivity index (χ0v) is 10.1. The van der Waals surface area contributed by atoms with E-state index in [9.17, 15) is 4.79 Å². The topological polar surface area (TPSA) is 30.2 Å². The predicted octanol–water partition coefficient (Wildman–Crippen LogP) is 3.38. The first kappa shape index (κ1) is 10.7. The van der Waals surface area contributed by atoms with E-state index in [2.05, 4.69) is 15.9 Å². The van der Waals surface area contributed by atoms with Crippen LogP contribution in [0.15, 0.2) is 33.5 Å². The molecule has 1 aromatic heterocycles. The SMILES string of the molecule is O=c1oc(CCBr)c(Cl)c2ccccc12. The van der Waals surface area contributed by atoms with Gasteiger partial charge >= 0.3 is 5.63 Å². The van der Waals surface area contributed by atoms with Crippen molar-refractivity contribution in [1.29, 1.82) is 0 Å². The van der Waals surface area contributed by atoms with Gasteiger partial charge in [0.1, 0.15) is 5.76 Å². The molecule has 0 aliphatic rings. The van der Waals surface area contributed by atoms with Gasteiger partial charge in [0.25, 0.3) is 0 Å². The second-order valence-electron chi connectivity index (χ2n) is 3.11. The fourth-order valence-corrected chi connectivity index (χ4v) is 2.12. The molecule has 0 spiro atoms. The van der Waals surface area contributed by atoms with Gasteiger partial charge in [-0.2, -0.15) is 0 Å². The number of hydrogen-bond donors (Lipinski definition) is 0. The number of alkyl halides is 1. The molecule has 0 amide bonds. The van der Waals surface area contributed by atoms with E-state index in [4.69, 9.17) is 16.0 Å². The van der Waals surface area contributed by atoms with E-state index in [1.165, 1.54) is 0 Å². The average molecular weight is 288 g/mol. The quantitative estimate of drug-likeness (QED) is 0.793. The molecule has 2 rings (SSSR count). The second kappa shape index (κ2) is 4.37. The Balaban J connectivity index is 2.79. The van der Waals surface area contributed by atoms with Crippen LogP contribution in [0.5, 0.6) is 0 Å². The molecule has 0 unspecified atom stereocenters. The van der Waals surface area contributed by atoms with Crippen LogP contribution in [0.3, 0.4) is 0 Å². The fraction of sp³-hybridized carbons (Fsp3) is 0.182. The summed E-state index contributed by atoms with van der Waals surface area (Å²) in [4.78, 5) is 11.6. The van der Waals surface area contributed by atoms with Crippen LogP contribution in [0.25, 0.3) is 10.8 Å². The Morgan fingerprint density at radius 1 is 1.27 bits per heavy atom. The van der Waals surface area contributed by atoms with Crippen LogP contribution in [0.4, 0.5) is 0 Å². The van der Waals surface area contributed by atoms with E-state index in [0.717, 1.165) is 5.39 Å². The molecule has 0 fully saturated rings. The summed E-state index contributed by atoms with van der Waals surface area (Å²) >= 11 is 9.43. The van der Waals surface area contributed by atoms with E-state index in [-0.39, 0.29) is 5.63 Å². The maximum absolute atomic E-state index is 11.6. The minimum Gasteiger partial charge on any atom is -0.426 e. The van der Waals surface area contributed by atoms with Gasteiger partial charge in [0.15, 0.2) is 0 Å². The van der Waals surface area contributed by atoms with E-state index in [1.807, 2.05) is 12.1 Å². The Labute approximate surface area is 100.0 Å². The molecule has 0 atom stereocenters. The van der Waals surface area contributed by atoms with Crippen LogP contribution in [-0.4, -0.2) is 5.33 Å². The van der Waals surface area contributed by atoms with Gasteiger partial charge in [-0.05, 0) is 6.07 Å². The third-order valence-corrected chi connectivity index (χ3v) is 2.98. The molecule has 1 heterocycles. The minimum atomic E-state index is -0.328. The Morgan fingerprint density at radius 2 is 1.93 bits per heavy atom. The molecule has 0 aliphatic heterocycles. The van der Waals surface area contributed by atoms with E-state index in [0.29, 0.717) is 27.9 Å². The third-order valence-electron chi connectivity index (χ3n) is 2.17. The first-order valence-electron chi connectivity index (χ1n) is 4.50. The van der Waals surface area contributed by atoms with Gasteiger partial charge < -0.3 is 4.42 Å². The Kier molecular flexibility index (Phi) is 3.12. The maximum Gasteiger partial charge on any atom is 0.343 e. The van der Waals surface area contributed by atoms with Crippen LogP contribution in [0, 0.1) is 0 Å². The van der Waals surface area contributed by atoms with Crippen LogP contribution >= 0.6 is 27.5 Å². The zero-order chi connectivity index (χ0) is 10.8. The third kappa shape index (κ3) is 1.94. The molecule has 2 nitrogen and oxygen atoms in total. The molecule has 0 bridgehead atoms. The Morgan fingerprint density at radius 3 is 2.60 bits per heavy atom. The standard InChI is InChI=1S/C11H8BrClO2/c12-6-5-9-10(13)7-3-1-2-4-8(7)11(14)15-9/h1-4H,5-6H2. The highest BCUT2D eigenvalue weighted by atomic mass is 79.9. The highest BCUT2D eigenvalue weighted by molar-refractivity contribution is 9.09. The average Bonchev–Trinajstić information content (AvgIpc) is 2.26. The minimum absolute atomic E-state index is 0.328. The van der Waals surface area contributed by atoms with Gasteiger partial charge in [-0.15, -0.1) is 0 Å². The highest BCUT2D eigenvalue weighted by Crippen LogP contribution is 2.25. The van der Waals surface area contributed by atoms with Gasteiger partial charge in [-0.25, -0.2) is 4.79 Å². The molecule has 0 saturated carbocycles. The van der Waals surface area contributed by atoms with Crippen molar-refractivity contribution in [1.82, 2.24) is 0 Å². The van der Waals surface area contributed by atoms with Gasteiger partial charge in [-0.1, -0.05) is 45.7 Å². The predicted molar refractivity (Wildman–Crippen MR) is 65.0 cm³/mol. The van der Waals surface area contributed by atoms with Gasteiger partial charge in [0.05, 0.1) is 10.4 Å². The summed E-state index contributed by atoms with van der Waals surface area (Å²) in [6.45, 7) is 0. The summed E-state index contributed by atoms with van der Waals surface area (Å²) in [6, 6.07) is 7.18. The molecule has 1 aromatic carbocycles. The highest BCUT2D eigenvalue weighted by Gasteiger charge is 2.10. The van der Waals surface area contributed by atoms with Gasteiger partial charge in [0, 0.05) is 17.1 Å². The molecule has 4 heteroatoms. The van der Waals surface area contributed by atoms with Gasteiger partial charge in [-0.3, -0.25) is 0 Å². The van der Waals surface area contributed by atoms with Crippen LogP contribution in [-0.2, 0) is 6.42 Å². The van der Waals surface area contributed by atoms with Crippen molar-refractivity contribution in [3.05, 3.63) is 45.5 Å². The summed E-state index contributed by atoms with van der Waals surface area (Å²) in [5, 5.41) is 2.53. The summed E-state index contributed by atoms with van der Waals surface area (Å²) in [7, 11) is 0. The molecule has 0 aliphatic carbocycles. The molecule has 15 heavy (non-hydrogen) atoms. The Hall–Kier alpha value is -0.800. The lowest BCUT2D eigenvalue weighted by Crippen LogP contribution is -2.03. The van der Waals surface area contributed by atoms with E-state index >= 15 is 0 Å². The van der Waals surface area contributed by atoms with Gasteiger partial charge in [0.2, 0.25) is 0 Å². The van der Waals surface area contributed by atoms with E-state index in [1.54, 1.807) is 12.1 Å². The van der Waals surface area contributed by atoms with Crippen molar-refractivity contribution in [3.8, 4) is 0 Å². The van der Waals surface area contributed by atoms with Crippen LogP contribution < -0.4 is 5.63 Å². The number of rotatable bonds is 2. The maximum atomic E-state index is 11.6. The smallest absolute Gasteiger partial charge is 0.343 e. The summed E-state index contributed by atoms with van der Waals surface area (Å²) in [6.07, 6.45) is 0.610. The number of benzene rings is 1. The van der Waals surface area contributed by atoms with Crippen molar-refractivity contribution in [2.75, 3.05) is 5.33 Å². The molecule has 78 valence electrons. The summed E-state index contributed by atoms with van der Waals surface area (Å²) < 4.78 is 5.14. The lowest BCUT2D eigenvalue weighted by atomic mass is 10.1. The van der Waals surface area contributed by atoms with E-state index < -0.39 is 0 Å². The molecular weight excluding hydrogens is 279 g/mol. The van der Waals surface area contributed by atoms with Crippen molar-refractivity contribution >= 4 is 38.3 Å². The Bertz CT molecular complexity index is 548. The first-order valence-corrected chi connectivity index (χ1v) is 6.00. The monoisotopic (exact) mass is 286 g/mol. The molecule has 0 N–H and O–H groups in total. The van der Waals surface area contributed by atoms with Crippen LogP contribution in [0.1, 0.15) is 5.76 Å².